The molecule has 0 unspecified atom stereocenters. The van der Waals surface area contributed by atoms with Crippen LogP contribution in [0.15, 0.2) is 48.5 Å². The van der Waals surface area contributed by atoms with E-state index in [1.54, 1.807) is 43.0 Å². The van der Waals surface area contributed by atoms with Crippen LogP contribution in [-0.2, 0) is 9.59 Å². The van der Waals surface area contributed by atoms with Gasteiger partial charge in [0.1, 0.15) is 12.4 Å². The molecule has 0 spiro atoms. The van der Waals surface area contributed by atoms with Crippen molar-refractivity contribution in [2.45, 2.75) is 65.0 Å². The van der Waals surface area contributed by atoms with E-state index >= 15 is 0 Å². The fourth-order valence-electron chi connectivity index (χ4n) is 4.69. The Bertz CT molecular complexity index is 1110. The van der Waals surface area contributed by atoms with Gasteiger partial charge in [0.25, 0.3) is 5.91 Å². The SMILES string of the molecule is CCN(C(=O)[C@@H]1C[C@H](C)N(C(=O)c2ccc(OCC(C)(C)C(=O)O)cc2)c2ccccc21)C1CC1. The lowest BCUT2D eigenvalue weighted by molar-refractivity contribution is -0.148. The number of rotatable bonds is 8. The molecule has 2 aromatic carbocycles. The molecule has 2 aliphatic rings. The molecule has 4 rings (SSSR count). The quantitative estimate of drug-likeness (QED) is 0.594. The lowest BCUT2D eigenvalue weighted by atomic mass is 9.84. The number of benzene rings is 2. The first-order valence-corrected chi connectivity index (χ1v) is 12.3. The minimum absolute atomic E-state index is 0.0250. The highest BCUT2D eigenvalue weighted by Crippen LogP contribution is 2.41. The average Bonchev–Trinajstić information content (AvgIpc) is 3.68. The van der Waals surface area contributed by atoms with Crippen LogP contribution in [0.2, 0.25) is 0 Å². The van der Waals surface area contributed by atoms with Gasteiger partial charge in [0.2, 0.25) is 5.91 Å². The number of carboxylic acid groups (broad SMARTS) is 1. The third kappa shape index (κ3) is 5.04. The van der Waals surface area contributed by atoms with Crippen molar-refractivity contribution >= 4 is 23.5 Å². The average molecular weight is 479 g/mol. The normalized spacial score (nSPS) is 19.6. The largest absolute Gasteiger partial charge is 0.492 e. The van der Waals surface area contributed by atoms with Gasteiger partial charge >= 0.3 is 5.97 Å². The summed E-state index contributed by atoms with van der Waals surface area (Å²) in [6.45, 7) is 7.96. The van der Waals surface area contributed by atoms with Crippen LogP contribution in [0.25, 0.3) is 0 Å². The topological polar surface area (TPSA) is 87.2 Å². The number of aliphatic carboxylic acids is 1. The second kappa shape index (κ2) is 9.72. The molecule has 7 heteroatoms. The van der Waals surface area contributed by atoms with E-state index in [1.165, 1.54) is 0 Å². The zero-order valence-corrected chi connectivity index (χ0v) is 20.9. The summed E-state index contributed by atoms with van der Waals surface area (Å²) in [5.74, 6) is -0.652. The number of ether oxygens (including phenoxy) is 1. The molecule has 7 nitrogen and oxygen atoms in total. The fraction of sp³-hybridized carbons (Fsp3) is 0.464. The predicted octanol–water partition coefficient (Wildman–Crippen LogP) is 4.71. The number of fused-ring (bicyclic) bond motifs is 1. The third-order valence-corrected chi connectivity index (χ3v) is 7.00. The smallest absolute Gasteiger partial charge is 0.312 e. The van der Waals surface area contributed by atoms with Crippen LogP contribution >= 0.6 is 0 Å². The van der Waals surface area contributed by atoms with Crippen LogP contribution in [0.1, 0.15) is 68.8 Å². The van der Waals surface area contributed by atoms with Gasteiger partial charge in [-0.15, -0.1) is 0 Å². The van der Waals surface area contributed by atoms with Crippen LogP contribution < -0.4 is 9.64 Å². The van der Waals surface area contributed by atoms with E-state index in [1.807, 2.05) is 43.0 Å². The highest BCUT2D eigenvalue weighted by Gasteiger charge is 2.41. The van der Waals surface area contributed by atoms with E-state index in [2.05, 4.69) is 0 Å². The molecular formula is C28H34N2O5. The van der Waals surface area contributed by atoms with Crippen LogP contribution in [0, 0.1) is 5.41 Å². The number of nitrogens with zero attached hydrogens (tertiary/aromatic N) is 2. The summed E-state index contributed by atoms with van der Waals surface area (Å²) < 4.78 is 5.64. The van der Waals surface area contributed by atoms with Crippen molar-refractivity contribution in [3.8, 4) is 5.75 Å². The molecule has 0 saturated heterocycles. The number of likely N-dealkylation sites (N-methyl/N-ethyl adjacent to an activating group) is 1. The number of hydrogen-bond acceptors (Lipinski definition) is 4. The standard InChI is InChI=1S/C28H34N2O5/c1-5-29(20-12-13-20)26(32)23-16-18(2)30(24-9-7-6-8-22(23)24)25(31)19-10-14-21(15-11-19)35-17-28(3,4)27(33)34/h6-11,14-15,18,20,23H,5,12-13,16-17H2,1-4H3,(H,33,34)/t18-,23+/m0/s1. The lowest BCUT2D eigenvalue weighted by Gasteiger charge is -2.40. The summed E-state index contributed by atoms with van der Waals surface area (Å²) in [5.41, 5.74) is 1.18. The number of amides is 2. The summed E-state index contributed by atoms with van der Waals surface area (Å²) in [5, 5.41) is 9.26. The second-order valence-electron chi connectivity index (χ2n) is 10.2. The maximum atomic E-state index is 13.6. The molecule has 0 radical (unpaired) electrons. The molecular weight excluding hydrogens is 444 g/mol. The van der Waals surface area contributed by atoms with Gasteiger partial charge in [-0.25, -0.2) is 0 Å². The van der Waals surface area contributed by atoms with Crippen molar-refractivity contribution in [1.82, 2.24) is 4.90 Å². The van der Waals surface area contributed by atoms with Gasteiger partial charge in [0, 0.05) is 29.9 Å². The number of para-hydroxylation sites is 1. The Morgan fingerprint density at radius 2 is 1.74 bits per heavy atom. The maximum absolute atomic E-state index is 13.6. The number of anilines is 1. The van der Waals surface area contributed by atoms with Gasteiger partial charge in [-0.2, -0.15) is 0 Å². The molecule has 35 heavy (non-hydrogen) atoms. The van der Waals surface area contributed by atoms with E-state index in [9.17, 15) is 19.5 Å². The maximum Gasteiger partial charge on any atom is 0.312 e. The van der Waals surface area contributed by atoms with Crippen molar-refractivity contribution < 1.29 is 24.2 Å². The Morgan fingerprint density at radius 1 is 1.09 bits per heavy atom. The monoisotopic (exact) mass is 478 g/mol. The minimum Gasteiger partial charge on any atom is -0.492 e. The summed E-state index contributed by atoms with van der Waals surface area (Å²) in [6, 6.07) is 14.7. The first kappa shape index (κ1) is 24.8. The van der Waals surface area contributed by atoms with Crippen LogP contribution in [-0.4, -0.2) is 53.0 Å². The zero-order valence-electron chi connectivity index (χ0n) is 20.9. The summed E-state index contributed by atoms with van der Waals surface area (Å²) in [6.07, 6.45) is 2.72. The number of carbonyl (C=O) groups is 3. The molecule has 2 atom stereocenters. The molecule has 1 fully saturated rings. The van der Waals surface area contributed by atoms with E-state index < -0.39 is 11.4 Å². The first-order chi connectivity index (χ1) is 16.6. The molecule has 1 N–H and O–H groups in total. The van der Waals surface area contributed by atoms with E-state index in [-0.39, 0.29) is 30.4 Å². The van der Waals surface area contributed by atoms with Gasteiger partial charge in [-0.3, -0.25) is 14.4 Å². The summed E-state index contributed by atoms with van der Waals surface area (Å²) >= 11 is 0. The van der Waals surface area contributed by atoms with Gasteiger partial charge in [-0.1, -0.05) is 18.2 Å². The molecule has 0 aromatic heterocycles. The van der Waals surface area contributed by atoms with Crippen LogP contribution in [0.3, 0.4) is 0 Å². The Hall–Kier alpha value is -3.35. The Morgan fingerprint density at radius 3 is 2.34 bits per heavy atom. The molecule has 2 aromatic rings. The van der Waals surface area contributed by atoms with Gasteiger partial charge < -0.3 is 19.6 Å². The van der Waals surface area contributed by atoms with Gasteiger partial charge in [-0.05, 0) is 82.9 Å². The molecule has 1 saturated carbocycles. The van der Waals surface area contributed by atoms with Crippen LogP contribution in [0.4, 0.5) is 5.69 Å². The van der Waals surface area contributed by atoms with Crippen molar-refractivity contribution in [2.24, 2.45) is 5.41 Å². The lowest BCUT2D eigenvalue weighted by Crippen LogP contribution is -2.47. The van der Waals surface area contributed by atoms with Crippen molar-refractivity contribution in [1.29, 1.82) is 0 Å². The Balaban J connectivity index is 1.54. The van der Waals surface area contributed by atoms with Gasteiger partial charge in [0.05, 0.1) is 11.3 Å². The third-order valence-electron chi connectivity index (χ3n) is 7.00. The highest BCUT2D eigenvalue weighted by molar-refractivity contribution is 6.08. The Kier molecular flexibility index (Phi) is 6.88. The van der Waals surface area contributed by atoms with E-state index in [4.69, 9.17) is 4.74 Å². The van der Waals surface area contributed by atoms with E-state index in [0.717, 1.165) is 24.1 Å². The number of carbonyl (C=O) groups excluding carboxylic acids is 2. The molecule has 1 aliphatic carbocycles. The first-order valence-electron chi connectivity index (χ1n) is 12.3. The number of carboxylic acids is 1. The Labute approximate surface area is 206 Å². The second-order valence-corrected chi connectivity index (χ2v) is 10.2. The highest BCUT2D eigenvalue weighted by atomic mass is 16.5. The molecule has 1 aliphatic heterocycles. The predicted molar refractivity (Wildman–Crippen MR) is 134 cm³/mol. The van der Waals surface area contributed by atoms with Crippen molar-refractivity contribution in [2.75, 3.05) is 18.1 Å². The van der Waals surface area contributed by atoms with Crippen LogP contribution in [0.5, 0.6) is 5.75 Å². The minimum atomic E-state index is -1.01. The van der Waals surface area contributed by atoms with Gasteiger partial charge in [0.15, 0.2) is 0 Å². The van der Waals surface area contributed by atoms with Crippen molar-refractivity contribution in [3.05, 3.63) is 59.7 Å². The number of hydrogen-bond donors (Lipinski definition) is 1. The molecule has 1 heterocycles. The molecule has 186 valence electrons. The fourth-order valence-corrected chi connectivity index (χ4v) is 4.69. The summed E-state index contributed by atoms with van der Waals surface area (Å²) in [7, 11) is 0. The molecule has 0 bridgehead atoms. The zero-order chi connectivity index (χ0) is 25.3. The summed E-state index contributed by atoms with van der Waals surface area (Å²) in [4.78, 5) is 42.1. The van der Waals surface area contributed by atoms with E-state index in [0.29, 0.717) is 30.3 Å². The molecule has 2 amide bonds. The van der Waals surface area contributed by atoms with Crippen molar-refractivity contribution in [3.63, 3.8) is 0 Å².